The molecule has 0 bridgehead atoms. The van der Waals surface area contributed by atoms with Crippen molar-refractivity contribution in [2.45, 2.75) is 51.9 Å². The second-order valence-corrected chi connectivity index (χ2v) is 7.37. The molecule has 3 aliphatic rings. The normalized spacial score (nSPS) is 24.1. The summed E-state index contributed by atoms with van der Waals surface area (Å²) in [5.74, 6) is 0.529. The van der Waals surface area contributed by atoms with Gasteiger partial charge in [-0.05, 0) is 54.2 Å². The molecule has 0 fully saturated rings. The fraction of sp³-hybridized carbons (Fsp3) is 0.429. The van der Waals surface area contributed by atoms with Crippen LogP contribution in [0.15, 0.2) is 53.1 Å². The molecule has 0 N–H and O–H groups in total. The summed E-state index contributed by atoms with van der Waals surface area (Å²) in [4.78, 5) is 0. The summed E-state index contributed by atoms with van der Waals surface area (Å²) in [6, 6.07) is 8.88. The molecule has 1 aromatic rings. The Morgan fingerprint density at radius 2 is 1.86 bits per heavy atom. The van der Waals surface area contributed by atoms with Gasteiger partial charge < -0.3 is 0 Å². The monoisotopic (exact) mass is 276 g/mol. The molecule has 21 heavy (non-hydrogen) atoms. The standard InChI is InChI=1S/C21H24/c1-21(2,18-13-16-8-3-4-9-17(16)14-18)20-12-11-15-7-5-6-10-19(15)20/h5-7,10-13,20H,3-4,8-9,14H2,1-2H3. The van der Waals surface area contributed by atoms with E-state index in [2.05, 4.69) is 56.3 Å². The molecule has 1 aromatic carbocycles. The van der Waals surface area contributed by atoms with Gasteiger partial charge in [-0.2, -0.15) is 0 Å². The topological polar surface area (TPSA) is 0 Å². The average Bonchev–Trinajstić information content (AvgIpc) is 3.11. The molecule has 0 aliphatic heterocycles. The van der Waals surface area contributed by atoms with Crippen LogP contribution in [-0.2, 0) is 0 Å². The van der Waals surface area contributed by atoms with Crippen LogP contribution in [0.1, 0.15) is 63.0 Å². The van der Waals surface area contributed by atoms with Gasteiger partial charge in [-0.15, -0.1) is 0 Å². The Balaban J connectivity index is 1.66. The third-order valence-corrected chi connectivity index (χ3v) is 5.79. The van der Waals surface area contributed by atoms with E-state index in [0.717, 1.165) is 0 Å². The van der Waals surface area contributed by atoms with Crippen molar-refractivity contribution in [3.63, 3.8) is 0 Å². The average molecular weight is 276 g/mol. The Labute approximate surface area is 128 Å². The zero-order chi connectivity index (χ0) is 14.4. The van der Waals surface area contributed by atoms with Crippen molar-refractivity contribution in [2.75, 3.05) is 0 Å². The highest BCUT2D eigenvalue weighted by molar-refractivity contribution is 5.64. The molecule has 0 nitrogen and oxygen atoms in total. The van der Waals surface area contributed by atoms with Gasteiger partial charge in [0.1, 0.15) is 0 Å². The fourth-order valence-electron chi connectivity index (χ4n) is 4.35. The van der Waals surface area contributed by atoms with Crippen LogP contribution >= 0.6 is 0 Å². The highest BCUT2D eigenvalue weighted by atomic mass is 14.4. The second kappa shape index (κ2) is 4.73. The molecule has 0 aromatic heterocycles. The van der Waals surface area contributed by atoms with E-state index in [0.29, 0.717) is 5.92 Å². The number of allylic oxidation sites excluding steroid dienone is 5. The number of fused-ring (bicyclic) bond motifs is 1. The van der Waals surface area contributed by atoms with Gasteiger partial charge in [0.25, 0.3) is 0 Å². The summed E-state index contributed by atoms with van der Waals surface area (Å²) >= 11 is 0. The summed E-state index contributed by atoms with van der Waals surface area (Å²) < 4.78 is 0. The SMILES string of the molecule is CC(C)(C1=CC2=C(CCCC2)C1)C1C=Cc2ccccc21. The summed E-state index contributed by atoms with van der Waals surface area (Å²) in [6.45, 7) is 4.88. The Kier molecular flexibility index (Phi) is 2.96. The number of benzene rings is 1. The Bertz CT molecular complexity index is 667. The molecule has 0 radical (unpaired) electrons. The molecule has 1 atom stereocenters. The number of hydrogen-bond acceptors (Lipinski definition) is 0. The zero-order valence-electron chi connectivity index (χ0n) is 13.2. The predicted molar refractivity (Wildman–Crippen MR) is 90.2 cm³/mol. The van der Waals surface area contributed by atoms with E-state index >= 15 is 0 Å². The van der Waals surface area contributed by atoms with Crippen LogP contribution in [0.25, 0.3) is 6.08 Å². The van der Waals surface area contributed by atoms with Gasteiger partial charge in [0.2, 0.25) is 0 Å². The zero-order valence-corrected chi connectivity index (χ0v) is 13.2. The molecular formula is C21H24. The third kappa shape index (κ3) is 2.04. The summed E-state index contributed by atoms with van der Waals surface area (Å²) in [6.07, 6.45) is 13.9. The van der Waals surface area contributed by atoms with Crippen LogP contribution in [0.3, 0.4) is 0 Å². The molecule has 0 heteroatoms. The van der Waals surface area contributed by atoms with Crippen LogP contribution in [0, 0.1) is 5.41 Å². The van der Waals surface area contributed by atoms with Crippen molar-refractivity contribution in [3.05, 3.63) is 64.3 Å². The van der Waals surface area contributed by atoms with Crippen molar-refractivity contribution < 1.29 is 0 Å². The lowest BCUT2D eigenvalue weighted by atomic mass is 9.70. The second-order valence-electron chi connectivity index (χ2n) is 7.37. The highest BCUT2D eigenvalue weighted by Crippen LogP contribution is 2.51. The van der Waals surface area contributed by atoms with Crippen molar-refractivity contribution in [3.8, 4) is 0 Å². The quantitative estimate of drug-likeness (QED) is 0.619. The molecular weight excluding hydrogens is 252 g/mol. The molecule has 1 unspecified atom stereocenters. The minimum absolute atomic E-state index is 0.223. The Morgan fingerprint density at radius 3 is 2.71 bits per heavy atom. The van der Waals surface area contributed by atoms with Gasteiger partial charge >= 0.3 is 0 Å². The van der Waals surface area contributed by atoms with E-state index in [-0.39, 0.29) is 5.41 Å². The van der Waals surface area contributed by atoms with Crippen LogP contribution < -0.4 is 0 Å². The van der Waals surface area contributed by atoms with Crippen LogP contribution in [-0.4, -0.2) is 0 Å². The fourth-order valence-corrected chi connectivity index (χ4v) is 4.35. The smallest absolute Gasteiger partial charge is 0.0116 e. The van der Waals surface area contributed by atoms with Gasteiger partial charge in [0, 0.05) is 5.92 Å². The molecule has 0 saturated carbocycles. The highest BCUT2D eigenvalue weighted by Gasteiger charge is 2.37. The lowest BCUT2D eigenvalue weighted by Crippen LogP contribution is -2.22. The van der Waals surface area contributed by atoms with E-state index in [1.807, 2.05) is 0 Å². The summed E-state index contributed by atoms with van der Waals surface area (Å²) in [5.41, 5.74) is 8.19. The van der Waals surface area contributed by atoms with E-state index in [1.165, 1.54) is 43.2 Å². The first-order chi connectivity index (χ1) is 10.2. The van der Waals surface area contributed by atoms with Gasteiger partial charge in [-0.3, -0.25) is 0 Å². The van der Waals surface area contributed by atoms with Crippen LogP contribution in [0.4, 0.5) is 0 Å². The van der Waals surface area contributed by atoms with Crippen molar-refractivity contribution in [2.24, 2.45) is 5.41 Å². The molecule has 0 heterocycles. The first kappa shape index (κ1) is 13.1. The lowest BCUT2D eigenvalue weighted by Gasteiger charge is -2.34. The van der Waals surface area contributed by atoms with E-state index in [4.69, 9.17) is 0 Å². The van der Waals surface area contributed by atoms with Crippen molar-refractivity contribution >= 4 is 6.08 Å². The Morgan fingerprint density at radius 1 is 1.05 bits per heavy atom. The van der Waals surface area contributed by atoms with Gasteiger partial charge in [-0.25, -0.2) is 0 Å². The minimum atomic E-state index is 0.223. The Hall–Kier alpha value is -1.56. The maximum atomic E-state index is 2.54. The molecule has 0 spiro atoms. The molecule has 3 aliphatic carbocycles. The van der Waals surface area contributed by atoms with Crippen molar-refractivity contribution in [1.29, 1.82) is 0 Å². The lowest BCUT2D eigenvalue weighted by molar-refractivity contribution is 0.393. The maximum absolute atomic E-state index is 2.54. The van der Waals surface area contributed by atoms with Gasteiger partial charge in [0.15, 0.2) is 0 Å². The summed E-state index contributed by atoms with van der Waals surface area (Å²) in [5, 5.41) is 0. The minimum Gasteiger partial charge on any atom is -0.0755 e. The van der Waals surface area contributed by atoms with Gasteiger partial charge in [0.05, 0.1) is 0 Å². The maximum Gasteiger partial charge on any atom is 0.0116 e. The molecule has 0 amide bonds. The van der Waals surface area contributed by atoms with Crippen LogP contribution in [0.5, 0.6) is 0 Å². The molecule has 108 valence electrons. The predicted octanol–water partition coefficient (Wildman–Crippen LogP) is 6.02. The van der Waals surface area contributed by atoms with E-state index in [1.54, 1.807) is 16.7 Å². The third-order valence-electron chi connectivity index (χ3n) is 5.79. The van der Waals surface area contributed by atoms with E-state index in [9.17, 15) is 0 Å². The van der Waals surface area contributed by atoms with Crippen LogP contribution in [0.2, 0.25) is 0 Å². The summed E-state index contributed by atoms with van der Waals surface area (Å²) in [7, 11) is 0. The first-order valence-electron chi connectivity index (χ1n) is 8.35. The largest absolute Gasteiger partial charge is 0.0755 e. The first-order valence-corrected chi connectivity index (χ1v) is 8.35. The van der Waals surface area contributed by atoms with Crippen molar-refractivity contribution in [1.82, 2.24) is 0 Å². The van der Waals surface area contributed by atoms with Gasteiger partial charge in [-0.1, -0.05) is 67.5 Å². The number of rotatable bonds is 2. The molecule has 4 rings (SSSR count). The molecule has 0 saturated heterocycles. The number of hydrogen-bond donors (Lipinski definition) is 0. The van der Waals surface area contributed by atoms with E-state index < -0.39 is 0 Å².